The summed E-state index contributed by atoms with van der Waals surface area (Å²) in [5.41, 5.74) is 0. The molecule has 0 aliphatic carbocycles. The van der Waals surface area contributed by atoms with E-state index < -0.39 is 21.8 Å². The molecule has 0 unspecified atom stereocenters. The molecular formula is C9H11ClF3N3O2S. The summed E-state index contributed by atoms with van der Waals surface area (Å²) in [5.74, 6) is -1.78. The van der Waals surface area contributed by atoms with Crippen LogP contribution in [0.3, 0.4) is 0 Å². The molecule has 0 fully saturated rings. The average molecular weight is 318 g/mol. The van der Waals surface area contributed by atoms with Gasteiger partial charge in [0.25, 0.3) is 0 Å². The summed E-state index contributed by atoms with van der Waals surface area (Å²) in [7, 11) is -3.20. The molecule has 0 aliphatic rings. The van der Waals surface area contributed by atoms with E-state index in [1.807, 2.05) is 0 Å². The molecule has 0 atom stereocenters. The molecule has 0 aliphatic heterocycles. The third kappa shape index (κ3) is 5.19. The molecule has 0 radical (unpaired) electrons. The van der Waals surface area contributed by atoms with Crippen molar-refractivity contribution in [3.8, 4) is 0 Å². The normalized spacial score (nSPS) is 12.5. The Hall–Kier alpha value is -1.09. The van der Waals surface area contributed by atoms with Gasteiger partial charge in [-0.05, 0) is 0 Å². The summed E-state index contributed by atoms with van der Waals surface area (Å²) >= 11 is 5.44. The van der Waals surface area contributed by atoms with Crippen LogP contribution in [0.15, 0.2) is 6.07 Å². The van der Waals surface area contributed by atoms with Gasteiger partial charge in [0.2, 0.25) is 5.82 Å². The molecule has 1 aromatic heterocycles. The van der Waals surface area contributed by atoms with Crippen LogP contribution in [0, 0.1) is 0 Å². The van der Waals surface area contributed by atoms with Crippen LogP contribution in [0.2, 0.25) is 5.15 Å². The molecule has 1 rings (SSSR count). The number of sulfone groups is 1. The molecule has 5 nitrogen and oxygen atoms in total. The number of nitrogens with one attached hydrogen (secondary N) is 1. The summed E-state index contributed by atoms with van der Waals surface area (Å²) in [4.78, 5) is 6.27. The maximum atomic E-state index is 12.4. The summed E-state index contributed by atoms with van der Waals surface area (Å²) < 4.78 is 59.6. The fourth-order valence-electron chi connectivity index (χ4n) is 1.11. The van der Waals surface area contributed by atoms with Gasteiger partial charge in [0, 0.05) is 18.4 Å². The molecule has 108 valence electrons. The monoisotopic (exact) mass is 317 g/mol. The Morgan fingerprint density at radius 3 is 2.53 bits per heavy atom. The molecule has 0 saturated heterocycles. The van der Waals surface area contributed by atoms with Gasteiger partial charge in [0.1, 0.15) is 11.0 Å². The van der Waals surface area contributed by atoms with Crippen LogP contribution in [0.25, 0.3) is 0 Å². The largest absolute Gasteiger partial charge is 0.451 e. The Bertz CT molecular complexity index is 548. The lowest BCUT2D eigenvalue weighted by Gasteiger charge is -2.09. The molecule has 1 aromatic rings. The number of nitrogens with zero attached hydrogens (tertiary/aromatic N) is 2. The van der Waals surface area contributed by atoms with Crippen molar-refractivity contribution in [2.75, 3.05) is 23.4 Å². The van der Waals surface area contributed by atoms with Crippen LogP contribution in [-0.4, -0.2) is 36.4 Å². The van der Waals surface area contributed by atoms with Gasteiger partial charge in [-0.1, -0.05) is 18.5 Å². The number of alkyl halides is 3. The summed E-state index contributed by atoms with van der Waals surface area (Å²) in [6, 6.07) is 1.09. The highest BCUT2D eigenvalue weighted by Gasteiger charge is 2.35. The molecule has 0 spiro atoms. The smallest absolute Gasteiger partial charge is 0.369 e. The number of hydrogen-bond acceptors (Lipinski definition) is 5. The second kappa shape index (κ2) is 5.91. The van der Waals surface area contributed by atoms with E-state index in [1.165, 1.54) is 6.92 Å². The Morgan fingerprint density at radius 2 is 2.00 bits per heavy atom. The minimum atomic E-state index is -4.71. The van der Waals surface area contributed by atoms with Gasteiger partial charge in [0.05, 0.1) is 5.75 Å². The highest BCUT2D eigenvalue weighted by molar-refractivity contribution is 7.91. The van der Waals surface area contributed by atoms with E-state index in [2.05, 4.69) is 15.3 Å². The maximum Gasteiger partial charge on any atom is 0.451 e. The van der Waals surface area contributed by atoms with Gasteiger partial charge in [-0.2, -0.15) is 13.2 Å². The molecule has 0 saturated carbocycles. The Kier molecular flexibility index (Phi) is 4.97. The molecule has 19 heavy (non-hydrogen) atoms. The lowest BCUT2D eigenvalue weighted by Crippen LogP contribution is -2.19. The van der Waals surface area contributed by atoms with Crippen molar-refractivity contribution in [3.63, 3.8) is 0 Å². The lowest BCUT2D eigenvalue weighted by molar-refractivity contribution is -0.144. The van der Waals surface area contributed by atoms with E-state index in [0.29, 0.717) is 0 Å². The van der Waals surface area contributed by atoms with E-state index in [9.17, 15) is 21.6 Å². The molecule has 0 aromatic carbocycles. The first-order valence-electron chi connectivity index (χ1n) is 5.20. The molecule has 10 heteroatoms. The Labute approximate surface area is 113 Å². The Morgan fingerprint density at radius 1 is 1.37 bits per heavy atom. The second-order valence-electron chi connectivity index (χ2n) is 3.56. The number of aromatic nitrogens is 2. The van der Waals surface area contributed by atoms with Crippen LogP contribution in [0.1, 0.15) is 12.7 Å². The van der Waals surface area contributed by atoms with Gasteiger partial charge in [0.15, 0.2) is 9.84 Å². The van der Waals surface area contributed by atoms with Crippen LogP contribution >= 0.6 is 11.6 Å². The first-order chi connectivity index (χ1) is 8.64. The third-order valence-electron chi connectivity index (χ3n) is 2.11. The number of halogens is 4. The predicted molar refractivity (Wildman–Crippen MR) is 64.9 cm³/mol. The maximum absolute atomic E-state index is 12.4. The SMILES string of the molecule is CCS(=O)(=O)CCNc1cc(Cl)nc(C(F)(F)F)n1. The van der Waals surface area contributed by atoms with Crippen LogP contribution in [-0.2, 0) is 16.0 Å². The van der Waals surface area contributed by atoms with Crippen LogP contribution in [0.5, 0.6) is 0 Å². The van der Waals surface area contributed by atoms with E-state index in [4.69, 9.17) is 11.6 Å². The summed E-state index contributed by atoms with van der Waals surface area (Å²) in [6.45, 7) is 1.43. The van der Waals surface area contributed by atoms with Crippen molar-refractivity contribution in [2.24, 2.45) is 0 Å². The van der Waals surface area contributed by atoms with Gasteiger partial charge in [-0.15, -0.1) is 0 Å². The standard InChI is InChI=1S/C9H11ClF3N3O2S/c1-2-19(17,18)4-3-14-7-5-6(10)15-8(16-7)9(11,12)13/h5H,2-4H2,1H3,(H,14,15,16). The van der Waals surface area contributed by atoms with Crippen molar-refractivity contribution in [2.45, 2.75) is 13.1 Å². The first-order valence-corrected chi connectivity index (χ1v) is 7.40. The van der Waals surface area contributed by atoms with Gasteiger partial charge < -0.3 is 5.32 Å². The number of anilines is 1. The highest BCUT2D eigenvalue weighted by Crippen LogP contribution is 2.28. The van der Waals surface area contributed by atoms with E-state index in [-0.39, 0.29) is 29.0 Å². The molecule has 1 N–H and O–H groups in total. The van der Waals surface area contributed by atoms with Gasteiger partial charge in [-0.25, -0.2) is 18.4 Å². The second-order valence-corrected chi connectivity index (χ2v) is 6.42. The van der Waals surface area contributed by atoms with Gasteiger partial charge >= 0.3 is 6.18 Å². The third-order valence-corrected chi connectivity index (χ3v) is 4.01. The summed E-state index contributed by atoms with van der Waals surface area (Å²) in [6.07, 6.45) is -4.71. The fraction of sp³-hybridized carbons (Fsp3) is 0.556. The van der Waals surface area contributed by atoms with Crippen molar-refractivity contribution < 1.29 is 21.6 Å². The van der Waals surface area contributed by atoms with Gasteiger partial charge in [-0.3, -0.25) is 0 Å². The molecule has 1 heterocycles. The quantitative estimate of drug-likeness (QED) is 0.841. The van der Waals surface area contributed by atoms with Crippen molar-refractivity contribution in [1.82, 2.24) is 9.97 Å². The zero-order valence-corrected chi connectivity index (χ0v) is 11.4. The van der Waals surface area contributed by atoms with E-state index in [0.717, 1.165) is 6.07 Å². The predicted octanol–water partition coefficient (Wildman–Crippen LogP) is 2.00. The molecular weight excluding hydrogens is 307 g/mol. The van der Waals surface area contributed by atoms with Crippen LogP contribution in [0.4, 0.5) is 19.0 Å². The topological polar surface area (TPSA) is 72.0 Å². The van der Waals surface area contributed by atoms with E-state index >= 15 is 0 Å². The summed E-state index contributed by atoms with van der Waals surface area (Å²) in [5, 5.41) is 2.10. The fourth-order valence-corrected chi connectivity index (χ4v) is 2.00. The highest BCUT2D eigenvalue weighted by atomic mass is 35.5. The zero-order valence-electron chi connectivity index (χ0n) is 9.83. The Balaban J connectivity index is 2.77. The number of hydrogen-bond donors (Lipinski definition) is 1. The first kappa shape index (κ1) is 16.0. The van der Waals surface area contributed by atoms with E-state index in [1.54, 1.807) is 0 Å². The lowest BCUT2D eigenvalue weighted by atomic mass is 10.5. The van der Waals surface area contributed by atoms with Crippen molar-refractivity contribution >= 4 is 27.3 Å². The minimum Gasteiger partial charge on any atom is -0.369 e. The minimum absolute atomic E-state index is 0.0347. The van der Waals surface area contributed by atoms with Crippen LogP contribution < -0.4 is 5.32 Å². The number of rotatable bonds is 5. The van der Waals surface area contributed by atoms with Crippen molar-refractivity contribution in [3.05, 3.63) is 17.0 Å². The van der Waals surface area contributed by atoms with Crippen molar-refractivity contribution in [1.29, 1.82) is 0 Å². The molecule has 0 bridgehead atoms. The average Bonchev–Trinajstić information content (AvgIpc) is 2.27. The molecule has 0 amide bonds. The zero-order chi connectivity index (χ0) is 14.7.